The van der Waals surface area contributed by atoms with Gasteiger partial charge < -0.3 is 14.2 Å². The molecule has 2 aromatic rings. The summed E-state index contributed by atoms with van der Waals surface area (Å²) in [5.74, 6) is 0.161. The minimum absolute atomic E-state index is 0.166. The van der Waals surface area contributed by atoms with E-state index in [4.69, 9.17) is 37.4 Å². The molecule has 2 aromatic carbocycles. The van der Waals surface area contributed by atoms with Crippen LogP contribution in [0.3, 0.4) is 0 Å². The Bertz CT molecular complexity index is 1010. The molecule has 0 bridgehead atoms. The van der Waals surface area contributed by atoms with Crippen LogP contribution in [0.4, 0.5) is 0 Å². The van der Waals surface area contributed by atoms with Crippen molar-refractivity contribution >= 4 is 41.0 Å². The van der Waals surface area contributed by atoms with Crippen molar-refractivity contribution < 1.29 is 23.8 Å². The van der Waals surface area contributed by atoms with Crippen molar-refractivity contribution in [2.24, 2.45) is 0 Å². The molecule has 5 nitrogen and oxygen atoms in total. The molecule has 0 radical (unpaired) electrons. The monoisotopic (exact) mass is 418 g/mol. The number of allylic oxidation sites excluding steroid dienone is 1. The first-order chi connectivity index (χ1) is 13.4. The van der Waals surface area contributed by atoms with Gasteiger partial charge in [-0.25, -0.2) is 4.79 Å². The molecule has 1 saturated heterocycles. The Hall–Kier alpha value is -2.34. The van der Waals surface area contributed by atoms with Crippen LogP contribution in [0.1, 0.15) is 34.3 Å². The molecule has 0 spiro atoms. The Morgan fingerprint density at radius 2 is 2.04 bits per heavy atom. The lowest BCUT2D eigenvalue weighted by molar-refractivity contribution is -0.144. The molecule has 1 atom stereocenters. The van der Waals surface area contributed by atoms with Gasteiger partial charge in [0, 0.05) is 12.7 Å². The second-order valence-electron chi connectivity index (χ2n) is 6.65. The van der Waals surface area contributed by atoms with Crippen LogP contribution in [0.2, 0.25) is 10.0 Å². The molecular weight excluding hydrogens is 403 g/mol. The second kappa shape index (κ2) is 7.59. The number of hydrogen-bond donors (Lipinski definition) is 0. The first kappa shape index (κ1) is 19.0. The second-order valence-corrected chi connectivity index (χ2v) is 7.46. The van der Waals surface area contributed by atoms with E-state index in [1.165, 1.54) is 0 Å². The van der Waals surface area contributed by atoms with Gasteiger partial charge in [0.15, 0.2) is 11.9 Å². The molecule has 0 saturated carbocycles. The highest BCUT2D eigenvalue weighted by Crippen LogP contribution is 2.38. The average molecular weight is 419 g/mol. The van der Waals surface area contributed by atoms with Crippen molar-refractivity contribution in [2.45, 2.75) is 25.9 Å². The van der Waals surface area contributed by atoms with Crippen molar-refractivity contribution in [3.63, 3.8) is 0 Å². The summed E-state index contributed by atoms with van der Waals surface area (Å²) >= 11 is 12.0. The molecule has 1 unspecified atom stereocenters. The third-order valence-electron chi connectivity index (χ3n) is 4.60. The number of ether oxygens (including phenoxy) is 3. The van der Waals surface area contributed by atoms with Gasteiger partial charge in [-0.05, 0) is 55.2 Å². The minimum Gasteiger partial charge on any atom is -0.452 e. The van der Waals surface area contributed by atoms with E-state index in [9.17, 15) is 9.59 Å². The Morgan fingerprint density at radius 1 is 1.21 bits per heavy atom. The van der Waals surface area contributed by atoms with Crippen LogP contribution >= 0.6 is 23.2 Å². The van der Waals surface area contributed by atoms with Gasteiger partial charge in [0.25, 0.3) is 0 Å². The number of carbonyl (C=O) groups is 2. The summed E-state index contributed by atoms with van der Waals surface area (Å²) in [7, 11) is 0. The third kappa shape index (κ3) is 3.65. The Kier molecular flexibility index (Phi) is 5.15. The van der Waals surface area contributed by atoms with Gasteiger partial charge in [-0.3, -0.25) is 4.79 Å². The SMILES string of the molecule is Cc1cc(OC(=O)C2CCCO2)cc2c1C(=O)/C(=C/c1ccc(Cl)c(Cl)c1)O2. The van der Waals surface area contributed by atoms with E-state index >= 15 is 0 Å². The highest BCUT2D eigenvalue weighted by atomic mass is 35.5. The van der Waals surface area contributed by atoms with E-state index in [0.717, 1.165) is 6.42 Å². The first-order valence-corrected chi connectivity index (χ1v) is 9.55. The molecule has 7 heteroatoms. The number of fused-ring (bicyclic) bond motifs is 1. The van der Waals surface area contributed by atoms with Crippen LogP contribution in [0, 0.1) is 6.92 Å². The van der Waals surface area contributed by atoms with Crippen molar-refractivity contribution in [3.8, 4) is 11.5 Å². The number of rotatable bonds is 3. The summed E-state index contributed by atoms with van der Waals surface area (Å²) in [6.45, 7) is 2.33. The zero-order valence-electron chi connectivity index (χ0n) is 15.0. The van der Waals surface area contributed by atoms with E-state index in [1.807, 2.05) is 0 Å². The number of halogens is 2. The van der Waals surface area contributed by atoms with Crippen molar-refractivity contribution in [2.75, 3.05) is 6.61 Å². The summed E-state index contributed by atoms with van der Waals surface area (Å²) in [5, 5.41) is 0.817. The van der Waals surface area contributed by atoms with E-state index in [-0.39, 0.29) is 11.5 Å². The van der Waals surface area contributed by atoms with Gasteiger partial charge in [-0.15, -0.1) is 0 Å². The normalized spacial score (nSPS) is 19.6. The van der Waals surface area contributed by atoms with Crippen LogP contribution in [0.15, 0.2) is 36.1 Å². The van der Waals surface area contributed by atoms with Gasteiger partial charge in [0.05, 0.1) is 15.6 Å². The van der Waals surface area contributed by atoms with Gasteiger partial charge in [0.2, 0.25) is 5.78 Å². The van der Waals surface area contributed by atoms with Crippen LogP contribution < -0.4 is 9.47 Å². The molecule has 4 rings (SSSR count). The Morgan fingerprint density at radius 3 is 2.75 bits per heavy atom. The summed E-state index contributed by atoms with van der Waals surface area (Å²) in [5.41, 5.74) is 1.80. The number of carbonyl (C=O) groups excluding carboxylic acids is 2. The van der Waals surface area contributed by atoms with Crippen LogP contribution in [0.5, 0.6) is 11.5 Å². The molecule has 0 amide bonds. The fraction of sp³-hybridized carbons (Fsp3) is 0.238. The lowest BCUT2D eigenvalue weighted by Gasteiger charge is -2.11. The molecule has 0 aromatic heterocycles. The molecule has 0 N–H and O–H groups in total. The molecule has 2 aliphatic heterocycles. The molecule has 2 heterocycles. The predicted molar refractivity (Wildman–Crippen MR) is 105 cm³/mol. The average Bonchev–Trinajstić information content (AvgIpc) is 3.27. The molecule has 2 aliphatic rings. The summed E-state index contributed by atoms with van der Waals surface area (Å²) in [6, 6.07) is 8.23. The number of aryl methyl sites for hydroxylation is 1. The molecule has 28 heavy (non-hydrogen) atoms. The van der Waals surface area contributed by atoms with E-state index in [2.05, 4.69) is 0 Å². The van der Waals surface area contributed by atoms with Crippen LogP contribution in [-0.4, -0.2) is 24.5 Å². The lowest BCUT2D eigenvalue weighted by Crippen LogP contribution is -2.24. The van der Waals surface area contributed by atoms with Crippen molar-refractivity contribution in [1.29, 1.82) is 0 Å². The van der Waals surface area contributed by atoms with Gasteiger partial charge in [-0.1, -0.05) is 29.3 Å². The summed E-state index contributed by atoms with van der Waals surface area (Å²) in [6.07, 6.45) is 2.54. The number of benzene rings is 2. The van der Waals surface area contributed by atoms with Gasteiger partial charge in [-0.2, -0.15) is 0 Å². The minimum atomic E-state index is -0.541. The number of Topliss-reactive ketones (excluding diaryl/α,β-unsaturated/α-hetero) is 1. The molecule has 144 valence electrons. The van der Waals surface area contributed by atoms with Gasteiger partial charge in [0.1, 0.15) is 11.5 Å². The maximum atomic E-state index is 12.7. The van der Waals surface area contributed by atoms with Crippen molar-refractivity contribution in [1.82, 2.24) is 0 Å². The lowest BCUT2D eigenvalue weighted by atomic mass is 10.0. The van der Waals surface area contributed by atoms with E-state index in [1.54, 1.807) is 43.3 Å². The third-order valence-corrected chi connectivity index (χ3v) is 5.34. The fourth-order valence-corrected chi connectivity index (χ4v) is 3.54. The quantitative estimate of drug-likeness (QED) is 0.398. The predicted octanol–water partition coefficient (Wildman–Crippen LogP) is 5.00. The first-order valence-electron chi connectivity index (χ1n) is 8.79. The number of hydrogen-bond acceptors (Lipinski definition) is 5. The topological polar surface area (TPSA) is 61.8 Å². The zero-order valence-corrected chi connectivity index (χ0v) is 16.5. The fourth-order valence-electron chi connectivity index (χ4n) is 3.24. The molecular formula is C21H16Cl2O5. The van der Waals surface area contributed by atoms with E-state index < -0.39 is 12.1 Å². The highest BCUT2D eigenvalue weighted by molar-refractivity contribution is 6.42. The van der Waals surface area contributed by atoms with Gasteiger partial charge >= 0.3 is 5.97 Å². The summed E-state index contributed by atoms with van der Waals surface area (Å²) in [4.78, 5) is 24.9. The zero-order chi connectivity index (χ0) is 19.8. The Balaban J connectivity index is 1.59. The maximum absolute atomic E-state index is 12.7. The summed E-state index contributed by atoms with van der Waals surface area (Å²) < 4.78 is 16.5. The van der Waals surface area contributed by atoms with Crippen LogP contribution in [0.25, 0.3) is 6.08 Å². The van der Waals surface area contributed by atoms with Crippen LogP contribution in [-0.2, 0) is 9.53 Å². The molecule has 0 aliphatic carbocycles. The van der Waals surface area contributed by atoms with E-state index in [0.29, 0.717) is 51.3 Å². The number of ketones is 1. The Labute approximate surface area is 171 Å². The maximum Gasteiger partial charge on any atom is 0.340 e. The van der Waals surface area contributed by atoms with Crippen molar-refractivity contribution in [3.05, 3.63) is 62.8 Å². The molecule has 1 fully saturated rings. The standard InChI is InChI=1S/C21H16Cl2O5/c1-11-7-13(27-21(25)16-3-2-6-26-16)10-17-19(11)20(24)18(28-17)9-12-4-5-14(22)15(23)8-12/h4-5,7-10,16H,2-3,6H2,1H3/b18-9-. The largest absolute Gasteiger partial charge is 0.452 e. The number of esters is 1. The smallest absolute Gasteiger partial charge is 0.340 e. The highest BCUT2D eigenvalue weighted by Gasteiger charge is 2.31.